The molecule has 0 spiro atoms. The Labute approximate surface area is 211 Å². The van der Waals surface area contributed by atoms with Gasteiger partial charge in [0.05, 0.1) is 22.6 Å². The summed E-state index contributed by atoms with van der Waals surface area (Å²) in [4.78, 5) is 4.32. The minimum atomic E-state index is -0.580. The average Bonchev–Trinajstić information content (AvgIpc) is 3.33. The molecule has 1 aliphatic carbocycles. The van der Waals surface area contributed by atoms with Gasteiger partial charge in [-0.1, -0.05) is 25.3 Å². The Morgan fingerprint density at radius 3 is 2.44 bits per heavy atom. The Kier molecular flexibility index (Phi) is 7.19. The predicted octanol–water partition coefficient (Wildman–Crippen LogP) is 5.43. The number of halogens is 2. The van der Waals surface area contributed by atoms with Crippen molar-refractivity contribution in [3.8, 4) is 23.0 Å². The maximum absolute atomic E-state index is 15.3. The highest BCUT2D eigenvalue weighted by Crippen LogP contribution is 2.30. The fourth-order valence-electron chi connectivity index (χ4n) is 5.18. The summed E-state index contributed by atoms with van der Waals surface area (Å²) < 4.78 is 31.3. The first-order valence-corrected chi connectivity index (χ1v) is 12.8. The number of likely N-dealkylation sites (N-methyl/N-ethyl adjacent to an activating group) is 1. The number of nitrogens with one attached hydrogen (secondary N) is 1. The molecule has 0 unspecified atom stereocenters. The molecule has 0 bridgehead atoms. The average molecular weight is 491 g/mol. The summed E-state index contributed by atoms with van der Waals surface area (Å²) in [5.41, 5.74) is 2.34. The number of benzene rings is 2. The number of nitriles is 1. The molecule has 0 radical (unpaired) electrons. The van der Waals surface area contributed by atoms with Gasteiger partial charge in [-0.05, 0) is 50.1 Å². The van der Waals surface area contributed by atoms with Gasteiger partial charge < -0.3 is 15.1 Å². The fourth-order valence-corrected chi connectivity index (χ4v) is 5.18. The highest BCUT2D eigenvalue weighted by atomic mass is 19.1. The van der Waals surface area contributed by atoms with E-state index < -0.39 is 5.82 Å². The number of hydrogen-bond donors (Lipinski definition) is 1. The largest absolute Gasteiger partial charge is 0.370 e. The van der Waals surface area contributed by atoms with E-state index in [9.17, 15) is 4.39 Å². The van der Waals surface area contributed by atoms with Crippen molar-refractivity contribution in [2.75, 3.05) is 50.0 Å². The number of hydrogen-bond acceptors (Lipinski definition) is 5. The van der Waals surface area contributed by atoms with Crippen molar-refractivity contribution in [2.24, 2.45) is 5.92 Å². The van der Waals surface area contributed by atoms with Crippen LogP contribution in [0.5, 0.6) is 0 Å². The zero-order chi connectivity index (χ0) is 25.1. The Bertz CT molecular complexity index is 1250. The molecule has 1 aliphatic heterocycles. The molecule has 5 rings (SSSR count). The smallest absolute Gasteiger partial charge is 0.148 e. The van der Waals surface area contributed by atoms with Gasteiger partial charge in [0, 0.05) is 50.4 Å². The highest BCUT2D eigenvalue weighted by Gasteiger charge is 2.20. The summed E-state index contributed by atoms with van der Waals surface area (Å²) in [6.45, 7) is 4.20. The maximum atomic E-state index is 15.3. The van der Waals surface area contributed by atoms with Crippen molar-refractivity contribution in [1.82, 2.24) is 14.7 Å². The Balaban J connectivity index is 1.46. The van der Waals surface area contributed by atoms with E-state index in [0.717, 1.165) is 38.5 Å². The van der Waals surface area contributed by atoms with Crippen LogP contribution in [0.25, 0.3) is 16.9 Å². The third-order valence-electron chi connectivity index (χ3n) is 7.41. The van der Waals surface area contributed by atoms with Gasteiger partial charge >= 0.3 is 0 Å². The quantitative estimate of drug-likeness (QED) is 0.499. The molecule has 2 aromatic carbocycles. The topological polar surface area (TPSA) is 60.1 Å². The number of aromatic nitrogens is 2. The van der Waals surface area contributed by atoms with Crippen molar-refractivity contribution < 1.29 is 8.78 Å². The lowest BCUT2D eigenvalue weighted by Crippen LogP contribution is -2.44. The van der Waals surface area contributed by atoms with Gasteiger partial charge in [0.15, 0.2) is 0 Å². The van der Waals surface area contributed by atoms with Crippen LogP contribution >= 0.6 is 0 Å². The molecule has 1 saturated heterocycles. The van der Waals surface area contributed by atoms with E-state index in [4.69, 9.17) is 10.4 Å². The van der Waals surface area contributed by atoms with E-state index in [0.29, 0.717) is 28.6 Å². The molecule has 36 heavy (non-hydrogen) atoms. The minimum absolute atomic E-state index is 0.00426. The van der Waals surface area contributed by atoms with Crippen molar-refractivity contribution in [2.45, 2.75) is 32.1 Å². The minimum Gasteiger partial charge on any atom is -0.370 e. The van der Waals surface area contributed by atoms with E-state index in [2.05, 4.69) is 22.2 Å². The summed E-state index contributed by atoms with van der Waals surface area (Å²) >= 11 is 0. The molecule has 2 aliphatic rings. The summed E-state index contributed by atoms with van der Waals surface area (Å²) in [5, 5.41) is 17.3. The summed E-state index contributed by atoms with van der Waals surface area (Å²) in [6.07, 6.45) is 6.19. The van der Waals surface area contributed by atoms with E-state index in [1.165, 1.54) is 50.3 Å². The SMILES string of the molecule is CN1CCN(c2ccc(-n3nc(-c4ccc(C#N)c(F)c4)cc3NCC3CCCCC3)cc2F)CC1. The third kappa shape index (κ3) is 5.21. The van der Waals surface area contributed by atoms with E-state index >= 15 is 4.39 Å². The zero-order valence-electron chi connectivity index (χ0n) is 20.7. The molecule has 3 aromatic rings. The first kappa shape index (κ1) is 24.3. The highest BCUT2D eigenvalue weighted by molar-refractivity contribution is 5.66. The summed E-state index contributed by atoms with van der Waals surface area (Å²) in [6, 6.07) is 13.4. The van der Waals surface area contributed by atoms with Crippen LogP contribution in [0.15, 0.2) is 42.5 Å². The van der Waals surface area contributed by atoms with Crippen LogP contribution in [-0.4, -0.2) is 54.5 Å². The van der Waals surface area contributed by atoms with Gasteiger partial charge in [0.25, 0.3) is 0 Å². The van der Waals surface area contributed by atoms with Crippen molar-refractivity contribution in [3.63, 3.8) is 0 Å². The van der Waals surface area contributed by atoms with Crippen LogP contribution in [0.1, 0.15) is 37.7 Å². The van der Waals surface area contributed by atoms with Gasteiger partial charge in [0.2, 0.25) is 0 Å². The molecule has 188 valence electrons. The fraction of sp³-hybridized carbons (Fsp3) is 0.429. The van der Waals surface area contributed by atoms with Gasteiger partial charge in [-0.2, -0.15) is 10.4 Å². The molecule has 0 amide bonds. The number of rotatable bonds is 6. The lowest BCUT2D eigenvalue weighted by atomic mass is 9.89. The second-order valence-electron chi connectivity index (χ2n) is 9.94. The number of anilines is 2. The van der Waals surface area contributed by atoms with Crippen LogP contribution in [0.2, 0.25) is 0 Å². The van der Waals surface area contributed by atoms with E-state index in [-0.39, 0.29) is 11.4 Å². The normalized spacial score (nSPS) is 17.2. The molecule has 2 heterocycles. The first-order chi connectivity index (χ1) is 17.5. The Morgan fingerprint density at radius 1 is 0.972 bits per heavy atom. The lowest BCUT2D eigenvalue weighted by molar-refractivity contribution is 0.311. The van der Waals surface area contributed by atoms with Crippen LogP contribution in [0, 0.1) is 28.9 Å². The van der Waals surface area contributed by atoms with Crippen LogP contribution in [0.4, 0.5) is 20.3 Å². The third-order valence-corrected chi connectivity index (χ3v) is 7.41. The van der Waals surface area contributed by atoms with Crippen LogP contribution in [-0.2, 0) is 0 Å². The molecule has 0 atom stereocenters. The summed E-state index contributed by atoms with van der Waals surface area (Å²) in [5.74, 6) is 0.474. The van der Waals surface area contributed by atoms with Gasteiger partial charge in [-0.3, -0.25) is 0 Å². The Hall–Kier alpha value is -3.44. The van der Waals surface area contributed by atoms with Crippen molar-refractivity contribution in [3.05, 3.63) is 59.7 Å². The number of piperazine rings is 1. The monoisotopic (exact) mass is 490 g/mol. The number of nitrogens with zero attached hydrogens (tertiary/aromatic N) is 5. The second-order valence-corrected chi connectivity index (χ2v) is 9.94. The Morgan fingerprint density at radius 2 is 1.75 bits per heavy atom. The van der Waals surface area contributed by atoms with Crippen LogP contribution in [0.3, 0.4) is 0 Å². The lowest BCUT2D eigenvalue weighted by Gasteiger charge is -2.34. The van der Waals surface area contributed by atoms with Gasteiger partial charge in [0.1, 0.15) is 23.5 Å². The molecule has 6 nitrogen and oxygen atoms in total. The predicted molar refractivity (Wildman–Crippen MR) is 138 cm³/mol. The maximum Gasteiger partial charge on any atom is 0.148 e. The summed E-state index contributed by atoms with van der Waals surface area (Å²) in [7, 11) is 2.08. The molecule has 2 fully saturated rings. The van der Waals surface area contributed by atoms with Crippen molar-refractivity contribution >= 4 is 11.5 Å². The van der Waals surface area contributed by atoms with Gasteiger partial charge in [-0.25, -0.2) is 13.5 Å². The van der Waals surface area contributed by atoms with E-state index in [1.54, 1.807) is 10.7 Å². The van der Waals surface area contributed by atoms with Crippen molar-refractivity contribution in [1.29, 1.82) is 5.26 Å². The second kappa shape index (κ2) is 10.7. The molecule has 1 N–H and O–H groups in total. The van der Waals surface area contributed by atoms with Gasteiger partial charge in [-0.15, -0.1) is 0 Å². The molecule has 1 saturated carbocycles. The van der Waals surface area contributed by atoms with Crippen LogP contribution < -0.4 is 10.2 Å². The standard InChI is InChI=1S/C28H32F2N6/c1-34-11-13-35(14-12-34)27-10-9-23(16-25(27)30)36-28(32-19-20-5-3-2-4-6-20)17-26(33-36)21-7-8-22(18-31)24(29)15-21/h7-10,15-17,20,32H,2-6,11-14,19H2,1H3. The molecular formula is C28H32F2N6. The molecule has 8 heteroatoms. The first-order valence-electron chi connectivity index (χ1n) is 12.8. The zero-order valence-corrected chi connectivity index (χ0v) is 20.7. The molecular weight excluding hydrogens is 458 g/mol. The molecule has 1 aromatic heterocycles. The van der Waals surface area contributed by atoms with E-state index in [1.807, 2.05) is 24.3 Å².